The van der Waals surface area contributed by atoms with Crippen molar-refractivity contribution in [3.05, 3.63) is 23.3 Å². The predicted octanol–water partition coefficient (Wildman–Crippen LogP) is 2.63. The van der Waals surface area contributed by atoms with E-state index in [9.17, 15) is 4.79 Å². The molecule has 0 aliphatic rings. The first kappa shape index (κ1) is 14.4. The Balaban J connectivity index is 3.44. The van der Waals surface area contributed by atoms with Crippen LogP contribution in [0.5, 0.6) is 11.5 Å². The van der Waals surface area contributed by atoms with E-state index >= 15 is 0 Å². The fraction of sp³-hybridized carbons (Fsp3) is 0.500. The van der Waals surface area contributed by atoms with Crippen molar-refractivity contribution in [3.63, 3.8) is 0 Å². The minimum absolute atomic E-state index is 0.0799. The summed E-state index contributed by atoms with van der Waals surface area (Å²) in [6, 6.07) is 3.60. The number of hydrogen-bond donors (Lipinski definition) is 1. The molecule has 0 aromatic heterocycles. The average molecular weight is 252 g/mol. The molecule has 1 N–H and O–H groups in total. The van der Waals surface area contributed by atoms with Gasteiger partial charge in [-0.1, -0.05) is 20.8 Å². The zero-order chi connectivity index (χ0) is 13.9. The minimum Gasteiger partial charge on any atom is -0.497 e. The van der Waals surface area contributed by atoms with Crippen molar-refractivity contribution < 1.29 is 19.4 Å². The Kier molecular flexibility index (Phi) is 4.22. The molecule has 18 heavy (non-hydrogen) atoms. The third kappa shape index (κ3) is 3.15. The van der Waals surface area contributed by atoms with Gasteiger partial charge in [-0.2, -0.15) is 0 Å². The van der Waals surface area contributed by atoms with Gasteiger partial charge < -0.3 is 14.6 Å². The van der Waals surface area contributed by atoms with Crippen molar-refractivity contribution >= 4 is 5.97 Å². The Labute approximate surface area is 108 Å². The van der Waals surface area contributed by atoms with Gasteiger partial charge in [0.2, 0.25) is 0 Å². The number of carboxylic acid groups (broad SMARTS) is 1. The number of carbonyl (C=O) groups is 1. The third-order valence-electron chi connectivity index (χ3n) is 2.73. The van der Waals surface area contributed by atoms with Gasteiger partial charge in [-0.25, -0.2) is 0 Å². The zero-order valence-corrected chi connectivity index (χ0v) is 11.5. The molecule has 0 fully saturated rings. The lowest BCUT2D eigenvalue weighted by Crippen LogP contribution is -2.15. The Morgan fingerprint density at radius 1 is 1.22 bits per heavy atom. The molecule has 1 aromatic rings. The molecule has 4 nitrogen and oxygen atoms in total. The highest BCUT2D eigenvalue weighted by Crippen LogP contribution is 2.37. The summed E-state index contributed by atoms with van der Waals surface area (Å²) in [5.74, 6) is 0.393. The number of ether oxygens (including phenoxy) is 2. The molecule has 0 unspecified atom stereocenters. The minimum atomic E-state index is -0.888. The molecule has 100 valence electrons. The normalized spacial score (nSPS) is 11.2. The van der Waals surface area contributed by atoms with Gasteiger partial charge in [-0.3, -0.25) is 4.79 Å². The van der Waals surface area contributed by atoms with Crippen LogP contribution < -0.4 is 9.47 Å². The van der Waals surface area contributed by atoms with Crippen molar-refractivity contribution in [2.24, 2.45) is 0 Å². The number of rotatable bonds is 4. The second-order valence-corrected chi connectivity index (χ2v) is 5.19. The highest BCUT2D eigenvalue weighted by Gasteiger charge is 2.23. The van der Waals surface area contributed by atoms with Crippen LogP contribution in [-0.2, 0) is 16.6 Å². The summed E-state index contributed by atoms with van der Waals surface area (Å²) in [6.07, 6.45) is -0.0799. The molecule has 1 aromatic carbocycles. The fourth-order valence-corrected chi connectivity index (χ4v) is 1.87. The van der Waals surface area contributed by atoms with Crippen LogP contribution in [-0.4, -0.2) is 25.3 Å². The van der Waals surface area contributed by atoms with Crippen molar-refractivity contribution in [1.29, 1.82) is 0 Å². The molecule has 0 radical (unpaired) electrons. The molecule has 0 saturated heterocycles. The van der Waals surface area contributed by atoms with Gasteiger partial charge >= 0.3 is 5.97 Å². The van der Waals surface area contributed by atoms with Crippen molar-refractivity contribution in [2.75, 3.05) is 14.2 Å². The third-order valence-corrected chi connectivity index (χ3v) is 2.73. The standard InChI is InChI=1S/C14H20O4/c1-14(2,3)11-8-10(17-4)6-9(7-12(15)16)13(11)18-5/h6,8H,7H2,1-5H3,(H,15,16). The van der Waals surface area contributed by atoms with Gasteiger partial charge in [0, 0.05) is 11.1 Å². The molecular formula is C14H20O4. The first-order valence-corrected chi connectivity index (χ1v) is 5.76. The smallest absolute Gasteiger partial charge is 0.307 e. The largest absolute Gasteiger partial charge is 0.497 e. The van der Waals surface area contributed by atoms with E-state index in [0.29, 0.717) is 17.1 Å². The lowest BCUT2D eigenvalue weighted by atomic mass is 9.84. The molecule has 0 atom stereocenters. The lowest BCUT2D eigenvalue weighted by molar-refractivity contribution is -0.136. The van der Waals surface area contributed by atoms with Crippen molar-refractivity contribution in [2.45, 2.75) is 32.6 Å². The summed E-state index contributed by atoms with van der Waals surface area (Å²) >= 11 is 0. The monoisotopic (exact) mass is 252 g/mol. The van der Waals surface area contributed by atoms with E-state index in [2.05, 4.69) is 20.8 Å². The summed E-state index contributed by atoms with van der Waals surface area (Å²) in [5.41, 5.74) is 1.43. The summed E-state index contributed by atoms with van der Waals surface area (Å²) in [5, 5.41) is 8.95. The number of hydrogen-bond acceptors (Lipinski definition) is 3. The Bertz CT molecular complexity index is 444. The zero-order valence-electron chi connectivity index (χ0n) is 11.5. The topological polar surface area (TPSA) is 55.8 Å². The van der Waals surface area contributed by atoms with E-state index < -0.39 is 5.97 Å². The second-order valence-electron chi connectivity index (χ2n) is 5.19. The SMILES string of the molecule is COc1cc(CC(=O)O)c(OC)c(C(C)(C)C)c1. The predicted molar refractivity (Wildman–Crippen MR) is 69.6 cm³/mol. The number of carboxylic acids is 1. The molecule has 0 spiro atoms. The van der Waals surface area contributed by atoms with E-state index in [1.807, 2.05) is 6.07 Å². The van der Waals surface area contributed by atoms with Crippen LogP contribution >= 0.6 is 0 Å². The van der Waals surface area contributed by atoms with Crippen LogP contribution in [0.3, 0.4) is 0 Å². The molecular weight excluding hydrogens is 232 g/mol. The van der Waals surface area contributed by atoms with E-state index in [1.54, 1.807) is 20.3 Å². The summed E-state index contributed by atoms with van der Waals surface area (Å²) in [7, 11) is 3.13. The van der Waals surface area contributed by atoms with Crippen LogP contribution in [0, 0.1) is 0 Å². The Morgan fingerprint density at radius 2 is 1.83 bits per heavy atom. The van der Waals surface area contributed by atoms with Crippen molar-refractivity contribution in [1.82, 2.24) is 0 Å². The van der Waals surface area contributed by atoms with E-state index in [4.69, 9.17) is 14.6 Å². The van der Waals surface area contributed by atoms with Gasteiger partial charge in [0.05, 0.1) is 20.6 Å². The maximum Gasteiger partial charge on any atom is 0.307 e. The maximum absolute atomic E-state index is 10.9. The summed E-state index contributed by atoms with van der Waals surface area (Å²) < 4.78 is 10.6. The number of benzene rings is 1. The molecule has 0 aliphatic heterocycles. The average Bonchev–Trinajstić information content (AvgIpc) is 2.25. The van der Waals surface area contributed by atoms with Gasteiger partial charge in [0.25, 0.3) is 0 Å². The van der Waals surface area contributed by atoms with Crippen LogP contribution in [0.15, 0.2) is 12.1 Å². The van der Waals surface area contributed by atoms with Crippen LogP contribution in [0.25, 0.3) is 0 Å². The highest BCUT2D eigenvalue weighted by molar-refractivity contribution is 5.72. The van der Waals surface area contributed by atoms with Gasteiger partial charge in [-0.05, 0) is 17.5 Å². The summed E-state index contributed by atoms with van der Waals surface area (Å²) in [6.45, 7) is 6.15. The maximum atomic E-state index is 10.9. The number of aliphatic carboxylic acids is 1. The van der Waals surface area contributed by atoms with E-state index in [1.165, 1.54) is 0 Å². The molecule has 0 aliphatic carbocycles. The highest BCUT2D eigenvalue weighted by atomic mass is 16.5. The van der Waals surface area contributed by atoms with Crippen LogP contribution in [0.4, 0.5) is 0 Å². The van der Waals surface area contributed by atoms with E-state index in [-0.39, 0.29) is 11.8 Å². The number of methoxy groups -OCH3 is 2. The van der Waals surface area contributed by atoms with E-state index in [0.717, 1.165) is 5.56 Å². The molecule has 1 rings (SSSR count). The first-order valence-electron chi connectivity index (χ1n) is 5.76. The van der Waals surface area contributed by atoms with Gasteiger partial charge in [-0.15, -0.1) is 0 Å². The Morgan fingerprint density at radius 3 is 2.22 bits per heavy atom. The molecule has 0 heterocycles. The lowest BCUT2D eigenvalue weighted by Gasteiger charge is -2.24. The summed E-state index contributed by atoms with van der Waals surface area (Å²) in [4.78, 5) is 10.9. The first-order chi connectivity index (χ1) is 8.29. The quantitative estimate of drug-likeness (QED) is 0.895. The van der Waals surface area contributed by atoms with Gasteiger partial charge in [0.15, 0.2) is 0 Å². The molecule has 0 amide bonds. The fourth-order valence-electron chi connectivity index (χ4n) is 1.87. The van der Waals surface area contributed by atoms with Crippen LogP contribution in [0.2, 0.25) is 0 Å². The van der Waals surface area contributed by atoms with Crippen LogP contribution in [0.1, 0.15) is 31.9 Å². The van der Waals surface area contributed by atoms with Crippen molar-refractivity contribution in [3.8, 4) is 11.5 Å². The van der Waals surface area contributed by atoms with Gasteiger partial charge in [0.1, 0.15) is 11.5 Å². The Hall–Kier alpha value is -1.71. The second kappa shape index (κ2) is 5.29. The molecule has 4 heteroatoms. The molecule has 0 saturated carbocycles. The molecule has 0 bridgehead atoms.